The van der Waals surface area contributed by atoms with Crippen LogP contribution in [0.25, 0.3) is 10.8 Å². The molecule has 2 aliphatic heterocycles. The zero-order valence-corrected chi connectivity index (χ0v) is 17.9. The molecule has 0 radical (unpaired) electrons. The molecule has 1 atom stereocenters. The Hall–Kier alpha value is -3.32. The van der Waals surface area contributed by atoms with Crippen LogP contribution in [0.1, 0.15) is 29.2 Å². The molecule has 3 aromatic rings. The molecule has 0 N–H and O–H groups in total. The van der Waals surface area contributed by atoms with Crippen LogP contribution < -0.4 is 4.74 Å². The van der Waals surface area contributed by atoms with Crippen molar-refractivity contribution in [3.05, 3.63) is 66.1 Å². The van der Waals surface area contributed by atoms with Crippen LogP contribution in [-0.4, -0.2) is 60.5 Å². The van der Waals surface area contributed by atoms with Crippen LogP contribution in [0.15, 0.2) is 59.0 Å². The molecule has 0 aliphatic carbocycles. The van der Waals surface area contributed by atoms with Crippen LogP contribution in [0.5, 0.6) is 5.75 Å². The average molecular weight is 434 g/mol. The summed E-state index contributed by atoms with van der Waals surface area (Å²) in [4.78, 5) is 28.8. The van der Waals surface area contributed by atoms with E-state index < -0.39 is 0 Å². The lowest BCUT2D eigenvalue weighted by molar-refractivity contribution is -0.142. The first-order valence-corrected chi connectivity index (χ1v) is 11.1. The standard InChI is InChI=1S/C25H26N2O5/c28-24(22-6-3-15-30-22)26-11-13-27(14-12-26)25(29)23-10-9-21(32-23)17-31-20-8-7-18-4-1-2-5-19(18)16-20/h1-2,4-5,7-10,16,22H,3,6,11-15,17H2. The maximum absolute atomic E-state index is 12.8. The normalized spacial score (nSPS) is 18.8. The van der Waals surface area contributed by atoms with E-state index in [1.165, 1.54) is 0 Å². The molecule has 166 valence electrons. The predicted molar refractivity (Wildman–Crippen MR) is 118 cm³/mol. The van der Waals surface area contributed by atoms with E-state index in [2.05, 4.69) is 6.07 Å². The topological polar surface area (TPSA) is 72.2 Å². The summed E-state index contributed by atoms with van der Waals surface area (Å²) < 4.78 is 17.1. The molecule has 2 saturated heterocycles. The fraction of sp³-hybridized carbons (Fsp3) is 0.360. The number of ether oxygens (including phenoxy) is 2. The molecule has 0 bridgehead atoms. The molecular weight excluding hydrogens is 408 g/mol. The van der Waals surface area contributed by atoms with Gasteiger partial charge in [0.1, 0.15) is 24.2 Å². The molecule has 2 fully saturated rings. The molecule has 7 nitrogen and oxygen atoms in total. The van der Waals surface area contributed by atoms with Crippen molar-refractivity contribution in [3.63, 3.8) is 0 Å². The zero-order valence-electron chi connectivity index (χ0n) is 17.9. The average Bonchev–Trinajstić information content (AvgIpc) is 3.54. The summed E-state index contributed by atoms with van der Waals surface area (Å²) in [7, 11) is 0. The van der Waals surface area contributed by atoms with E-state index in [1.807, 2.05) is 36.4 Å². The van der Waals surface area contributed by atoms with Crippen LogP contribution >= 0.6 is 0 Å². The molecular formula is C25H26N2O5. The summed E-state index contributed by atoms with van der Waals surface area (Å²) in [6.07, 6.45) is 1.40. The minimum absolute atomic E-state index is 0.0423. The number of nitrogens with zero attached hydrogens (tertiary/aromatic N) is 2. The lowest BCUT2D eigenvalue weighted by Gasteiger charge is -2.35. The van der Waals surface area contributed by atoms with Crippen molar-refractivity contribution in [2.45, 2.75) is 25.6 Å². The van der Waals surface area contributed by atoms with Gasteiger partial charge in [-0.3, -0.25) is 9.59 Å². The molecule has 7 heteroatoms. The molecule has 0 spiro atoms. The lowest BCUT2D eigenvalue weighted by atomic mass is 10.1. The van der Waals surface area contributed by atoms with Crippen molar-refractivity contribution in [1.82, 2.24) is 9.80 Å². The third kappa shape index (κ3) is 4.34. The third-order valence-corrected chi connectivity index (χ3v) is 6.06. The number of fused-ring (bicyclic) bond motifs is 1. The highest BCUT2D eigenvalue weighted by Gasteiger charge is 2.32. The summed E-state index contributed by atoms with van der Waals surface area (Å²) in [6.45, 7) is 2.91. The van der Waals surface area contributed by atoms with Gasteiger partial charge in [-0.05, 0) is 47.9 Å². The number of rotatable bonds is 5. The Bertz CT molecular complexity index is 1110. The first-order valence-electron chi connectivity index (χ1n) is 11.1. The molecule has 5 rings (SSSR count). The van der Waals surface area contributed by atoms with Crippen molar-refractivity contribution in [2.24, 2.45) is 0 Å². The van der Waals surface area contributed by atoms with Crippen LogP contribution in [0, 0.1) is 0 Å². The molecule has 0 saturated carbocycles. The fourth-order valence-electron chi connectivity index (χ4n) is 4.24. The highest BCUT2D eigenvalue weighted by atomic mass is 16.5. The highest BCUT2D eigenvalue weighted by Crippen LogP contribution is 2.22. The number of amides is 2. The van der Waals surface area contributed by atoms with Gasteiger partial charge in [0.05, 0.1) is 0 Å². The Balaban J connectivity index is 1.14. The van der Waals surface area contributed by atoms with Gasteiger partial charge in [-0.15, -0.1) is 0 Å². The Morgan fingerprint density at radius 1 is 0.938 bits per heavy atom. The van der Waals surface area contributed by atoms with Crippen molar-refractivity contribution in [2.75, 3.05) is 32.8 Å². The second-order valence-corrected chi connectivity index (χ2v) is 8.18. The SMILES string of the molecule is O=C(c1ccc(COc2ccc3ccccc3c2)o1)N1CCN(C(=O)C2CCCO2)CC1. The summed E-state index contributed by atoms with van der Waals surface area (Å²) in [5, 5.41) is 2.26. The zero-order chi connectivity index (χ0) is 21.9. The lowest BCUT2D eigenvalue weighted by Crippen LogP contribution is -2.52. The number of carbonyl (C=O) groups is 2. The highest BCUT2D eigenvalue weighted by molar-refractivity contribution is 5.92. The van der Waals surface area contributed by atoms with Gasteiger partial charge in [-0.2, -0.15) is 0 Å². The number of benzene rings is 2. The molecule has 2 aliphatic rings. The molecule has 2 aromatic carbocycles. The molecule has 32 heavy (non-hydrogen) atoms. The maximum atomic E-state index is 12.8. The first kappa shape index (κ1) is 20.6. The summed E-state index contributed by atoms with van der Waals surface area (Å²) in [6, 6.07) is 17.5. The maximum Gasteiger partial charge on any atom is 0.289 e. The second-order valence-electron chi connectivity index (χ2n) is 8.18. The van der Waals surface area contributed by atoms with Crippen LogP contribution in [0.3, 0.4) is 0 Å². The summed E-state index contributed by atoms with van der Waals surface area (Å²) >= 11 is 0. The van der Waals surface area contributed by atoms with E-state index in [0.29, 0.717) is 44.3 Å². The van der Waals surface area contributed by atoms with E-state index in [1.54, 1.807) is 21.9 Å². The van der Waals surface area contributed by atoms with Crippen molar-refractivity contribution >= 4 is 22.6 Å². The Kier molecular flexibility index (Phi) is 5.81. The van der Waals surface area contributed by atoms with Gasteiger partial charge in [0, 0.05) is 32.8 Å². The number of carbonyl (C=O) groups excluding carboxylic acids is 2. The van der Waals surface area contributed by atoms with Gasteiger partial charge in [0.2, 0.25) is 0 Å². The number of piperazine rings is 1. The quantitative estimate of drug-likeness (QED) is 0.615. The van der Waals surface area contributed by atoms with Gasteiger partial charge in [0.25, 0.3) is 11.8 Å². The van der Waals surface area contributed by atoms with Gasteiger partial charge in [-0.1, -0.05) is 30.3 Å². The number of furan rings is 1. The first-order chi connectivity index (χ1) is 15.7. The van der Waals surface area contributed by atoms with Gasteiger partial charge < -0.3 is 23.7 Å². The molecule has 2 amide bonds. The third-order valence-electron chi connectivity index (χ3n) is 6.06. The van der Waals surface area contributed by atoms with E-state index >= 15 is 0 Å². The van der Waals surface area contributed by atoms with Gasteiger partial charge >= 0.3 is 0 Å². The number of hydrogen-bond donors (Lipinski definition) is 0. The van der Waals surface area contributed by atoms with Crippen LogP contribution in [-0.2, 0) is 16.1 Å². The largest absolute Gasteiger partial charge is 0.486 e. The minimum atomic E-state index is -0.313. The summed E-state index contributed by atoms with van der Waals surface area (Å²) in [5.74, 6) is 1.52. The summed E-state index contributed by atoms with van der Waals surface area (Å²) in [5.41, 5.74) is 0. The monoisotopic (exact) mass is 434 g/mol. The molecule has 1 unspecified atom stereocenters. The molecule has 1 aromatic heterocycles. The molecule has 3 heterocycles. The predicted octanol–water partition coefficient (Wildman–Crippen LogP) is 3.48. The second kappa shape index (κ2) is 9.04. The van der Waals surface area contributed by atoms with E-state index in [9.17, 15) is 9.59 Å². The van der Waals surface area contributed by atoms with Crippen molar-refractivity contribution in [3.8, 4) is 5.75 Å². The Labute approximate surface area is 186 Å². The van der Waals surface area contributed by atoms with Crippen molar-refractivity contribution < 1.29 is 23.5 Å². The van der Waals surface area contributed by atoms with Crippen molar-refractivity contribution in [1.29, 1.82) is 0 Å². The smallest absolute Gasteiger partial charge is 0.289 e. The van der Waals surface area contributed by atoms with Crippen LogP contribution in [0.4, 0.5) is 0 Å². The minimum Gasteiger partial charge on any atom is -0.486 e. The van der Waals surface area contributed by atoms with E-state index in [0.717, 1.165) is 29.4 Å². The van der Waals surface area contributed by atoms with E-state index in [-0.39, 0.29) is 24.5 Å². The van der Waals surface area contributed by atoms with Gasteiger partial charge in [0.15, 0.2) is 5.76 Å². The number of hydrogen-bond acceptors (Lipinski definition) is 5. The van der Waals surface area contributed by atoms with Gasteiger partial charge in [-0.25, -0.2) is 0 Å². The van der Waals surface area contributed by atoms with E-state index in [4.69, 9.17) is 13.9 Å². The Morgan fingerprint density at radius 3 is 2.50 bits per heavy atom. The van der Waals surface area contributed by atoms with Crippen LogP contribution in [0.2, 0.25) is 0 Å². The fourth-order valence-corrected chi connectivity index (χ4v) is 4.24. The Morgan fingerprint density at radius 2 is 1.72 bits per heavy atom.